The third-order valence-corrected chi connectivity index (χ3v) is 3.93. The van der Waals surface area contributed by atoms with Gasteiger partial charge in [0.25, 0.3) is 0 Å². The maximum atomic E-state index is 12.8. The van der Waals surface area contributed by atoms with E-state index in [2.05, 4.69) is 4.99 Å². The second kappa shape index (κ2) is 4.38. The Kier molecular flexibility index (Phi) is 2.51. The van der Waals surface area contributed by atoms with E-state index >= 15 is 0 Å². The standard InChI is InChI=1S/C17H12N2O2/c20-16-11-4-1-2-5-12(11)17(21)15-13(16)6-3-7-14(15)19-9-8-18-10-19/h1-7,10H,8-9H2. The molecule has 0 fully saturated rings. The van der Waals surface area contributed by atoms with Gasteiger partial charge in [0.2, 0.25) is 0 Å². The molecule has 2 aromatic carbocycles. The Morgan fingerprint density at radius 3 is 2.29 bits per heavy atom. The van der Waals surface area contributed by atoms with Crippen molar-refractivity contribution in [1.29, 1.82) is 0 Å². The number of nitrogens with zero attached hydrogens (tertiary/aromatic N) is 2. The average molecular weight is 276 g/mol. The van der Waals surface area contributed by atoms with Gasteiger partial charge < -0.3 is 4.90 Å². The molecule has 4 nitrogen and oxygen atoms in total. The first-order valence-corrected chi connectivity index (χ1v) is 6.85. The van der Waals surface area contributed by atoms with Crippen molar-refractivity contribution in [3.05, 3.63) is 64.7 Å². The van der Waals surface area contributed by atoms with Gasteiger partial charge in [-0.1, -0.05) is 36.4 Å². The molecule has 0 atom stereocenters. The summed E-state index contributed by atoms with van der Waals surface area (Å²) in [5, 5.41) is 0. The SMILES string of the molecule is O=C1c2ccccc2C(=O)c2c1cccc2N1C=NCC1. The summed E-state index contributed by atoms with van der Waals surface area (Å²) in [6.45, 7) is 1.45. The van der Waals surface area contributed by atoms with Crippen molar-refractivity contribution in [1.82, 2.24) is 0 Å². The van der Waals surface area contributed by atoms with Gasteiger partial charge in [-0.15, -0.1) is 0 Å². The summed E-state index contributed by atoms with van der Waals surface area (Å²) in [7, 11) is 0. The van der Waals surface area contributed by atoms with Gasteiger partial charge in [-0.3, -0.25) is 14.6 Å². The molecule has 0 unspecified atom stereocenters. The molecule has 1 aliphatic carbocycles. The Hall–Kier alpha value is -2.75. The fourth-order valence-corrected chi connectivity index (χ4v) is 2.93. The van der Waals surface area contributed by atoms with Crippen molar-refractivity contribution >= 4 is 23.6 Å². The molecule has 1 aliphatic heterocycles. The maximum absolute atomic E-state index is 12.8. The average Bonchev–Trinajstić information content (AvgIpc) is 3.06. The lowest BCUT2D eigenvalue weighted by Gasteiger charge is -2.23. The summed E-state index contributed by atoms with van der Waals surface area (Å²) < 4.78 is 0. The number of anilines is 1. The Balaban J connectivity index is 1.96. The Morgan fingerprint density at radius 2 is 1.57 bits per heavy atom. The highest BCUT2D eigenvalue weighted by atomic mass is 16.1. The van der Waals surface area contributed by atoms with Crippen molar-refractivity contribution in [3.63, 3.8) is 0 Å². The largest absolute Gasteiger partial charge is 0.330 e. The van der Waals surface area contributed by atoms with Crippen LogP contribution in [0.25, 0.3) is 0 Å². The lowest BCUT2D eigenvalue weighted by Crippen LogP contribution is -2.26. The van der Waals surface area contributed by atoms with Gasteiger partial charge in [0.05, 0.1) is 24.1 Å². The predicted molar refractivity (Wildman–Crippen MR) is 80.5 cm³/mol. The van der Waals surface area contributed by atoms with Gasteiger partial charge in [-0.25, -0.2) is 0 Å². The van der Waals surface area contributed by atoms with E-state index in [1.807, 2.05) is 17.0 Å². The predicted octanol–water partition coefficient (Wildman–Crippen LogP) is 2.31. The fraction of sp³-hybridized carbons (Fsp3) is 0.118. The second-order valence-corrected chi connectivity index (χ2v) is 5.12. The minimum Gasteiger partial charge on any atom is -0.330 e. The zero-order chi connectivity index (χ0) is 14.4. The second-order valence-electron chi connectivity index (χ2n) is 5.12. The molecular weight excluding hydrogens is 264 g/mol. The van der Waals surface area contributed by atoms with Gasteiger partial charge in [0.1, 0.15) is 0 Å². The van der Waals surface area contributed by atoms with Crippen LogP contribution in [-0.4, -0.2) is 31.0 Å². The van der Waals surface area contributed by atoms with E-state index < -0.39 is 0 Å². The summed E-state index contributed by atoms with van der Waals surface area (Å²) in [5.41, 5.74) is 2.72. The molecule has 102 valence electrons. The molecule has 1 heterocycles. The number of ketones is 2. The van der Waals surface area contributed by atoms with Crippen LogP contribution in [0.5, 0.6) is 0 Å². The highest BCUT2D eigenvalue weighted by Gasteiger charge is 2.32. The molecular formula is C17H12N2O2. The van der Waals surface area contributed by atoms with Crippen molar-refractivity contribution in [2.75, 3.05) is 18.0 Å². The van der Waals surface area contributed by atoms with E-state index in [4.69, 9.17) is 0 Å². The molecule has 0 aromatic heterocycles. The number of benzene rings is 2. The van der Waals surface area contributed by atoms with Crippen LogP contribution in [0.1, 0.15) is 31.8 Å². The normalized spacial score (nSPS) is 16.1. The number of carbonyl (C=O) groups excluding carboxylic acids is 2. The summed E-state index contributed by atoms with van der Waals surface area (Å²) in [4.78, 5) is 31.5. The first-order valence-electron chi connectivity index (χ1n) is 6.85. The van der Waals surface area contributed by atoms with E-state index in [1.165, 1.54) is 0 Å². The van der Waals surface area contributed by atoms with Crippen LogP contribution in [0.3, 0.4) is 0 Å². The molecule has 2 aromatic rings. The van der Waals surface area contributed by atoms with Crippen LogP contribution in [0.15, 0.2) is 47.5 Å². The minimum atomic E-state index is -0.0869. The van der Waals surface area contributed by atoms with Gasteiger partial charge >= 0.3 is 0 Å². The Labute approximate surface area is 121 Å². The summed E-state index contributed by atoms with van der Waals surface area (Å²) in [6, 6.07) is 12.4. The van der Waals surface area contributed by atoms with Crippen LogP contribution >= 0.6 is 0 Å². The van der Waals surface area contributed by atoms with Gasteiger partial charge in [-0.2, -0.15) is 0 Å². The molecule has 2 aliphatic rings. The monoisotopic (exact) mass is 276 g/mol. The molecule has 0 amide bonds. The zero-order valence-electron chi connectivity index (χ0n) is 11.2. The quantitative estimate of drug-likeness (QED) is 0.685. The molecule has 0 saturated heterocycles. The van der Waals surface area contributed by atoms with E-state index in [9.17, 15) is 9.59 Å². The van der Waals surface area contributed by atoms with Crippen LogP contribution in [0, 0.1) is 0 Å². The van der Waals surface area contributed by atoms with E-state index in [0.29, 0.717) is 28.8 Å². The van der Waals surface area contributed by atoms with Crippen LogP contribution in [0.4, 0.5) is 5.69 Å². The Bertz CT molecular complexity index is 808. The minimum absolute atomic E-state index is 0.0850. The molecule has 4 rings (SSSR count). The fourth-order valence-electron chi connectivity index (χ4n) is 2.93. The molecule has 21 heavy (non-hydrogen) atoms. The van der Waals surface area contributed by atoms with Crippen molar-refractivity contribution < 1.29 is 9.59 Å². The molecule has 0 spiro atoms. The van der Waals surface area contributed by atoms with Crippen molar-refractivity contribution in [2.24, 2.45) is 4.99 Å². The van der Waals surface area contributed by atoms with Crippen molar-refractivity contribution in [3.8, 4) is 0 Å². The number of rotatable bonds is 1. The topological polar surface area (TPSA) is 49.7 Å². The molecule has 0 saturated carbocycles. The summed E-state index contributed by atoms with van der Waals surface area (Å²) in [6.07, 6.45) is 1.73. The van der Waals surface area contributed by atoms with E-state index in [-0.39, 0.29) is 11.6 Å². The van der Waals surface area contributed by atoms with Crippen LogP contribution in [0.2, 0.25) is 0 Å². The molecule has 0 bridgehead atoms. The van der Waals surface area contributed by atoms with Crippen molar-refractivity contribution in [2.45, 2.75) is 0 Å². The smallest absolute Gasteiger partial charge is 0.196 e. The third kappa shape index (κ3) is 1.65. The van der Waals surface area contributed by atoms with Crippen LogP contribution < -0.4 is 4.90 Å². The number of hydrogen-bond acceptors (Lipinski definition) is 4. The lowest BCUT2D eigenvalue weighted by atomic mass is 9.83. The van der Waals surface area contributed by atoms with Crippen LogP contribution in [-0.2, 0) is 0 Å². The highest BCUT2D eigenvalue weighted by Crippen LogP contribution is 2.33. The lowest BCUT2D eigenvalue weighted by molar-refractivity contribution is 0.0979. The zero-order valence-corrected chi connectivity index (χ0v) is 11.2. The number of fused-ring (bicyclic) bond motifs is 2. The molecule has 4 heteroatoms. The van der Waals surface area contributed by atoms with E-state index in [0.717, 1.165) is 12.2 Å². The molecule has 0 radical (unpaired) electrons. The maximum Gasteiger partial charge on any atom is 0.196 e. The van der Waals surface area contributed by atoms with E-state index in [1.54, 1.807) is 36.7 Å². The number of carbonyl (C=O) groups is 2. The Morgan fingerprint density at radius 1 is 0.857 bits per heavy atom. The highest BCUT2D eigenvalue weighted by molar-refractivity contribution is 6.30. The first-order chi connectivity index (χ1) is 10.3. The van der Waals surface area contributed by atoms with Gasteiger partial charge in [0, 0.05) is 23.2 Å². The molecule has 0 N–H and O–H groups in total. The number of hydrogen-bond donors (Lipinski definition) is 0. The van der Waals surface area contributed by atoms with Gasteiger partial charge in [-0.05, 0) is 6.07 Å². The first kappa shape index (κ1) is 12.0. The van der Waals surface area contributed by atoms with Gasteiger partial charge in [0.15, 0.2) is 11.6 Å². The third-order valence-electron chi connectivity index (χ3n) is 3.93. The summed E-state index contributed by atoms with van der Waals surface area (Å²) in [5.74, 6) is -0.172. The number of aliphatic imine (C=N–C) groups is 1. The summed E-state index contributed by atoms with van der Waals surface area (Å²) >= 11 is 0.